The van der Waals surface area contributed by atoms with Gasteiger partial charge in [-0.15, -0.1) is 0 Å². The van der Waals surface area contributed by atoms with Crippen molar-refractivity contribution in [2.45, 2.75) is 19.4 Å². The van der Waals surface area contributed by atoms with Gasteiger partial charge in [0.15, 0.2) is 0 Å². The van der Waals surface area contributed by atoms with Crippen molar-refractivity contribution in [3.05, 3.63) is 0 Å². The first-order chi connectivity index (χ1) is 6.12. The van der Waals surface area contributed by atoms with Crippen LogP contribution in [0.25, 0.3) is 0 Å². The van der Waals surface area contributed by atoms with Gasteiger partial charge in [-0.25, -0.2) is 0 Å². The van der Waals surface area contributed by atoms with E-state index >= 15 is 0 Å². The summed E-state index contributed by atoms with van der Waals surface area (Å²) in [5.74, 6) is -0.671. The summed E-state index contributed by atoms with van der Waals surface area (Å²) in [5, 5.41) is 9.00. The first-order valence-corrected chi connectivity index (χ1v) is 4.67. The molecule has 0 spiro atoms. The molecule has 0 amide bonds. The highest BCUT2D eigenvalue weighted by atomic mass is 16.5. The summed E-state index contributed by atoms with van der Waals surface area (Å²) in [5.41, 5.74) is -0.532. The van der Waals surface area contributed by atoms with Crippen molar-refractivity contribution in [2.24, 2.45) is 5.41 Å². The van der Waals surface area contributed by atoms with Gasteiger partial charge in [-0.3, -0.25) is 9.69 Å². The van der Waals surface area contributed by atoms with Crippen LogP contribution in [0.4, 0.5) is 0 Å². The van der Waals surface area contributed by atoms with Crippen LogP contribution in [0.2, 0.25) is 0 Å². The van der Waals surface area contributed by atoms with Crippen LogP contribution >= 0.6 is 0 Å². The molecule has 4 heteroatoms. The number of nitrogens with zero attached hydrogens (tertiary/aromatic N) is 1. The first kappa shape index (κ1) is 8.97. The maximum absolute atomic E-state index is 10.9. The number of hydrogen-bond donors (Lipinski definition) is 1. The number of likely N-dealkylation sites (tertiary alicyclic amines) is 1. The lowest BCUT2D eigenvalue weighted by molar-refractivity contribution is -0.147. The third kappa shape index (κ3) is 1.44. The highest BCUT2D eigenvalue weighted by molar-refractivity contribution is 5.74. The highest BCUT2D eigenvalue weighted by Gasteiger charge is 2.43. The Kier molecular flexibility index (Phi) is 2.04. The molecule has 0 aliphatic carbocycles. The van der Waals surface area contributed by atoms with Gasteiger partial charge < -0.3 is 9.84 Å². The summed E-state index contributed by atoms with van der Waals surface area (Å²) < 4.78 is 5.09. The van der Waals surface area contributed by atoms with E-state index in [-0.39, 0.29) is 0 Å². The molecule has 2 saturated heterocycles. The summed E-state index contributed by atoms with van der Waals surface area (Å²) in [6.07, 6.45) is 0.763. The van der Waals surface area contributed by atoms with E-state index in [4.69, 9.17) is 9.84 Å². The fourth-order valence-corrected chi connectivity index (χ4v) is 1.92. The van der Waals surface area contributed by atoms with Gasteiger partial charge in [0, 0.05) is 6.54 Å². The molecule has 1 unspecified atom stereocenters. The molecule has 0 bridgehead atoms. The van der Waals surface area contributed by atoms with Gasteiger partial charge in [0.1, 0.15) is 0 Å². The lowest BCUT2D eigenvalue weighted by Crippen LogP contribution is -2.48. The highest BCUT2D eigenvalue weighted by Crippen LogP contribution is 2.32. The average Bonchev–Trinajstić information content (AvgIpc) is 2.30. The quantitative estimate of drug-likeness (QED) is 0.667. The molecule has 13 heavy (non-hydrogen) atoms. The van der Waals surface area contributed by atoms with Crippen LogP contribution in [-0.4, -0.2) is 48.3 Å². The van der Waals surface area contributed by atoms with E-state index in [1.807, 2.05) is 6.92 Å². The summed E-state index contributed by atoms with van der Waals surface area (Å²) >= 11 is 0. The minimum absolute atomic E-state index is 0.473. The van der Waals surface area contributed by atoms with Gasteiger partial charge in [0.05, 0.1) is 24.7 Å². The van der Waals surface area contributed by atoms with Crippen molar-refractivity contribution < 1.29 is 14.6 Å². The van der Waals surface area contributed by atoms with Gasteiger partial charge in [-0.1, -0.05) is 0 Å². The third-order valence-electron chi connectivity index (χ3n) is 3.16. The van der Waals surface area contributed by atoms with Gasteiger partial charge in [-0.2, -0.15) is 0 Å². The molecule has 0 aromatic heterocycles. The van der Waals surface area contributed by atoms with Crippen LogP contribution in [0.15, 0.2) is 0 Å². The number of carboxylic acids is 1. The zero-order chi connectivity index (χ0) is 9.47. The fourth-order valence-electron chi connectivity index (χ4n) is 1.92. The molecule has 1 atom stereocenters. The standard InChI is InChI=1S/C9H15NO3/c1-9(8(11)12)2-3-10(6-9)7-4-13-5-7/h7H,2-6H2,1H3,(H,11,12). The Morgan fingerprint density at radius 2 is 2.31 bits per heavy atom. The van der Waals surface area contributed by atoms with Gasteiger partial charge in [0.2, 0.25) is 0 Å². The van der Waals surface area contributed by atoms with Crippen molar-refractivity contribution in [3.8, 4) is 0 Å². The topological polar surface area (TPSA) is 49.8 Å². The second kappa shape index (κ2) is 2.96. The molecule has 2 aliphatic rings. The molecule has 2 rings (SSSR count). The van der Waals surface area contributed by atoms with Crippen molar-refractivity contribution in [1.82, 2.24) is 4.90 Å². The summed E-state index contributed by atoms with van der Waals surface area (Å²) in [7, 11) is 0. The van der Waals surface area contributed by atoms with E-state index < -0.39 is 11.4 Å². The van der Waals surface area contributed by atoms with Gasteiger partial charge in [-0.05, 0) is 19.9 Å². The molecular formula is C9H15NO3. The second-order valence-electron chi connectivity index (χ2n) is 4.28. The zero-order valence-corrected chi connectivity index (χ0v) is 7.82. The molecule has 0 saturated carbocycles. The first-order valence-electron chi connectivity index (χ1n) is 4.67. The van der Waals surface area contributed by atoms with Crippen LogP contribution < -0.4 is 0 Å². The summed E-state index contributed by atoms with van der Waals surface area (Å²) in [6, 6.07) is 0.473. The number of ether oxygens (including phenoxy) is 1. The second-order valence-corrected chi connectivity index (χ2v) is 4.28. The fraction of sp³-hybridized carbons (Fsp3) is 0.889. The summed E-state index contributed by atoms with van der Waals surface area (Å²) in [6.45, 7) is 4.95. The third-order valence-corrected chi connectivity index (χ3v) is 3.16. The Morgan fingerprint density at radius 3 is 2.69 bits per heavy atom. The number of carboxylic acid groups (broad SMARTS) is 1. The molecule has 0 radical (unpaired) electrons. The van der Waals surface area contributed by atoms with Crippen LogP contribution in [-0.2, 0) is 9.53 Å². The molecule has 2 heterocycles. The Labute approximate surface area is 77.5 Å². The van der Waals surface area contributed by atoms with E-state index in [0.29, 0.717) is 12.6 Å². The van der Waals surface area contributed by atoms with E-state index in [1.165, 1.54) is 0 Å². The van der Waals surface area contributed by atoms with Crippen molar-refractivity contribution >= 4 is 5.97 Å². The predicted molar refractivity (Wildman–Crippen MR) is 46.5 cm³/mol. The molecule has 2 aliphatic heterocycles. The van der Waals surface area contributed by atoms with E-state index in [1.54, 1.807) is 0 Å². The van der Waals surface area contributed by atoms with Crippen LogP contribution in [0.5, 0.6) is 0 Å². The molecule has 4 nitrogen and oxygen atoms in total. The summed E-state index contributed by atoms with van der Waals surface area (Å²) in [4.78, 5) is 13.2. The average molecular weight is 185 g/mol. The Bertz CT molecular complexity index is 227. The Morgan fingerprint density at radius 1 is 1.62 bits per heavy atom. The number of rotatable bonds is 2. The molecule has 1 N–H and O–H groups in total. The molecule has 74 valence electrons. The minimum Gasteiger partial charge on any atom is -0.481 e. The maximum atomic E-state index is 10.9. The molecule has 2 fully saturated rings. The number of carbonyl (C=O) groups is 1. The number of hydrogen-bond acceptors (Lipinski definition) is 3. The smallest absolute Gasteiger partial charge is 0.310 e. The minimum atomic E-state index is -0.671. The maximum Gasteiger partial charge on any atom is 0.310 e. The van der Waals surface area contributed by atoms with Crippen molar-refractivity contribution in [1.29, 1.82) is 0 Å². The SMILES string of the molecule is CC1(C(=O)O)CCN(C2COC2)C1. The van der Waals surface area contributed by atoms with Crippen LogP contribution in [0.3, 0.4) is 0 Å². The monoisotopic (exact) mass is 185 g/mol. The zero-order valence-electron chi connectivity index (χ0n) is 7.82. The van der Waals surface area contributed by atoms with Crippen molar-refractivity contribution in [3.63, 3.8) is 0 Å². The predicted octanol–water partition coefficient (Wildman–Crippen LogP) is 0.182. The van der Waals surface area contributed by atoms with Crippen LogP contribution in [0.1, 0.15) is 13.3 Å². The van der Waals surface area contributed by atoms with Crippen molar-refractivity contribution in [2.75, 3.05) is 26.3 Å². The lowest BCUT2D eigenvalue weighted by atomic mass is 9.90. The molecule has 0 aromatic carbocycles. The van der Waals surface area contributed by atoms with Crippen LogP contribution in [0, 0.1) is 5.41 Å². The number of aliphatic carboxylic acids is 1. The normalized spacial score (nSPS) is 36.1. The van der Waals surface area contributed by atoms with E-state index in [2.05, 4.69) is 4.90 Å². The molecular weight excluding hydrogens is 170 g/mol. The molecule has 0 aromatic rings. The Hall–Kier alpha value is -0.610. The largest absolute Gasteiger partial charge is 0.481 e. The van der Waals surface area contributed by atoms with E-state index in [9.17, 15) is 4.79 Å². The lowest BCUT2D eigenvalue weighted by Gasteiger charge is -2.35. The Balaban J connectivity index is 1.96. The van der Waals surface area contributed by atoms with E-state index in [0.717, 1.165) is 26.2 Å². The van der Waals surface area contributed by atoms with Gasteiger partial charge in [0.25, 0.3) is 0 Å². The van der Waals surface area contributed by atoms with Gasteiger partial charge >= 0.3 is 5.97 Å².